The standard InChI is InChI=1S/C5H12NO4P/c1-11(9,10)3-2-4(6)5(7)8/h4H,2-3,6H2,1H3,(H,7,8)(H,9,10)/i2+2,3+2. The van der Waals surface area contributed by atoms with Crippen molar-refractivity contribution in [2.24, 2.45) is 5.73 Å². The van der Waals surface area contributed by atoms with Crippen LogP contribution in [0, 0.1) is 0 Å². The average molecular weight is 185 g/mol. The molecule has 0 spiro atoms. The second kappa shape index (κ2) is 3.85. The highest BCUT2D eigenvalue weighted by molar-refractivity contribution is 7.57. The van der Waals surface area contributed by atoms with Crippen LogP contribution in [0.15, 0.2) is 0 Å². The van der Waals surface area contributed by atoms with Crippen LogP contribution in [0.2, 0.25) is 0 Å². The maximum atomic E-state index is 10.6. The Hall–Kier alpha value is -0.380. The van der Waals surface area contributed by atoms with Gasteiger partial charge in [0.25, 0.3) is 0 Å². The van der Waals surface area contributed by atoms with Gasteiger partial charge in [-0.2, -0.15) is 0 Å². The van der Waals surface area contributed by atoms with Crippen molar-refractivity contribution in [1.82, 2.24) is 0 Å². The van der Waals surface area contributed by atoms with E-state index in [1.807, 2.05) is 0 Å². The zero-order valence-corrected chi connectivity index (χ0v) is 7.12. The lowest BCUT2D eigenvalue weighted by molar-refractivity contribution is -0.138. The molecule has 0 radical (unpaired) electrons. The minimum absolute atomic E-state index is 0.0412. The van der Waals surface area contributed by atoms with Crippen LogP contribution in [-0.4, -0.2) is 34.8 Å². The van der Waals surface area contributed by atoms with Crippen molar-refractivity contribution in [3.8, 4) is 0 Å². The Morgan fingerprint density at radius 3 is 2.45 bits per heavy atom. The third kappa shape index (κ3) is 6.04. The Kier molecular flexibility index (Phi) is 3.72. The van der Waals surface area contributed by atoms with Gasteiger partial charge in [0, 0.05) is 12.8 Å². The van der Waals surface area contributed by atoms with E-state index in [1.165, 1.54) is 6.66 Å². The van der Waals surface area contributed by atoms with Crippen LogP contribution in [0.4, 0.5) is 0 Å². The predicted octanol–water partition coefficient (Wildman–Crippen LogP) is -0.311. The molecule has 6 heteroatoms. The number of aliphatic carboxylic acids is 1. The first-order chi connectivity index (χ1) is 4.83. The number of hydrogen-bond donors (Lipinski definition) is 3. The highest BCUT2D eigenvalue weighted by Gasteiger charge is 2.16. The lowest BCUT2D eigenvalue weighted by Crippen LogP contribution is -2.30. The Balaban J connectivity index is 3.72. The van der Waals surface area contributed by atoms with Crippen LogP contribution in [0.1, 0.15) is 6.42 Å². The van der Waals surface area contributed by atoms with E-state index in [0.29, 0.717) is 0 Å². The summed E-state index contributed by atoms with van der Waals surface area (Å²) >= 11 is 0. The molecule has 0 saturated carbocycles. The van der Waals surface area contributed by atoms with Crippen molar-refractivity contribution in [3.05, 3.63) is 0 Å². The van der Waals surface area contributed by atoms with Gasteiger partial charge in [-0.25, -0.2) is 0 Å². The summed E-state index contributed by atoms with van der Waals surface area (Å²) < 4.78 is 10.6. The largest absolute Gasteiger partial charge is 0.480 e. The molecule has 0 aliphatic carbocycles. The van der Waals surface area contributed by atoms with Gasteiger partial charge in [0.1, 0.15) is 6.04 Å². The second-order valence-electron chi connectivity index (χ2n) is 2.51. The summed E-state index contributed by atoms with van der Waals surface area (Å²) in [6.07, 6.45) is 0.0000772. The van der Waals surface area contributed by atoms with E-state index in [9.17, 15) is 9.36 Å². The zero-order valence-electron chi connectivity index (χ0n) is 6.23. The van der Waals surface area contributed by atoms with Gasteiger partial charge < -0.3 is 15.7 Å². The summed E-state index contributed by atoms with van der Waals surface area (Å²) in [6.45, 7) is 1.18. The minimum atomic E-state index is -3.10. The van der Waals surface area contributed by atoms with E-state index in [-0.39, 0.29) is 12.6 Å². The van der Waals surface area contributed by atoms with Crippen molar-refractivity contribution in [3.63, 3.8) is 0 Å². The molecule has 0 heterocycles. The van der Waals surface area contributed by atoms with Crippen molar-refractivity contribution in [2.45, 2.75) is 12.5 Å². The van der Waals surface area contributed by atoms with Gasteiger partial charge in [0.05, 0.1) is 0 Å². The highest BCUT2D eigenvalue weighted by atomic mass is 31.2. The number of carboxylic acid groups (broad SMARTS) is 1. The second-order valence-corrected chi connectivity index (χ2v) is 5.06. The summed E-state index contributed by atoms with van der Waals surface area (Å²) in [5, 5.41) is 8.28. The van der Waals surface area contributed by atoms with Crippen molar-refractivity contribution in [2.75, 3.05) is 12.8 Å². The number of hydrogen-bond acceptors (Lipinski definition) is 3. The monoisotopic (exact) mass is 185 g/mol. The molecule has 0 fully saturated rings. The highest BCUT2D eigenvalue weighted by Crippen LogP contribution is 2.35. The summed E-state index contributed by atoms with van der Waals surface area (Å²) in [4.78, 5) is 18.9. The number of carboxylic acids is 1. The lowest BCUT2D eigenvalue weighted by Gasteiger charge is -2.07. The number of rotatable bonds is 4. The minimum Gasteiger partial charge on any atom is -0.480 e. The van der Waals surface area contributed by atoms with Gasteiger partial charge in [-0.3, -0.25) is 9.36 Å². The molecule has 0 amide bonds. The summed E-state index contributed by atoms with van der Waals surface area (Å²) in [5.41, 5.74) is 5.09. The smallest absolute Gasteiger partial charge is 0.320 e. The van der Waals surface area contributed by atoms with Gasteiger partial charge in [-0.15, -0.1) is 0 Å². The molecular weight excluding hydrogens is 173 g/mol. The van der Waals surface area contributed by atoms with Crippen LogP contribution < -0.4 is 5.73 Å². The molecule has 11 heavy (non-hydrogen) atoms. The van der Waals surface area contributed by atoms with E-state index in [0.717, 1.165) is 0 Å². The normalized spacial score (nSPS) is 18.8. The van der Waals surface area contributed by atoms with Gasteiger partial charge in [-0.1, -0.05) is 0 Å². The molecule has 0 rings (SSSR count). The number of carbonyl (C=O) groups is 1. The van der Waals surface area contributed by atoms with Crippen LogP contribution in [-0.2, 0) is 9.36 Å². The molecule has 4 N–H and O–H groups in total. The molecule has 0 aliphatic heterocycles. The third-order valence-electron chi connectivity index (χ3n) is 1.17. The molecular formula is C5H12NO4P. The molecule has 2 unspecified atom stereocenters. The molecule has 0 bridgehead atoms. The fourth-order valence-corrected chi connectivity index (χ4v) is 1.26. The maximum absolute atomic E-state index is 10.6. The van der Waals surface area contributed by atoms with Crippen LogP contribution in [0.5, 0.6) is 0 Å². The van der Waals surface area contributed by atoms with Gasteiger partial charge in [0.2, 0.25) is 0 Å². The van der Waals surface area contributed by atoms with Gasteiger partial charge in [0.15, 0.2) is 7.37 Å². The van der Waals surface area contributed by atoms with E-state index in [2.05, 4.69) is 0 Å². The summed E-state index contributed by atoms with van der Waals surface area (Å²) in [7, 11) is -3.10. The molecule has 0 aromatic rings. The summed E-state index contributed by atoms with van der Waals surface area (Å²) in [6, 6.07) is -1.03. The van der Waals surface area contributed by atoms with Crippen LogP contribution in [0.25, 0.3) is 0 Å². The molecule has 66 valence electrons. The van der Waals surface area contributed by atoms with E-state index in [4.69, 9.17) is 15.7 Å². The first kappa shape index (κ1) is 10.6. The Bertz CT molecular complexity index is 187. The van der Waals surface area contributed by atoms with E-state index >= 15 is 0 Å². The van der Waals surface area contributed by atoms with Crippen LogP contribution in [0.3, 0.4) is 0 Å². The van der Waals surface area contributed by atoms with Crippen molar-refractivity contribution >= 4 is 13.3 Å². The molecule has 0 aromatic heterocycles. The summed E-state index contributed by atoms with van der Waals surface area (Å²) in [5.74, 6) is -1.14. The molecule has 0 aromatic carbocycles. The molecule has 5 nitrogen and oxygen atoms in total. The predicted molar refractivity (Wildman–Crippen MR) is 40.8 cm³/mol. The molecule has 2 atom stereocenters. The average Bonchev–Trinajstić information content (AvgIpc) is 1.80. The molecule has 0 aliphatic rings. The van der Waals surface area contributed by atoms with E-state index < -0.39 is 19.4 Å². The fraction of sp³-hybridized carbons (Fsp3) is 0.800. The molecule has 0 saturated heterocycles. The zero-order chi connectivity index (χ0) is 9.07. The Morgan fingerprint density at radius 2 is 2.18 bits per heavy atom. The first-order valence-electron chi connectivity index (χ1n) is 3.10. The number of nitrogens with two attached hydrogens (primary N) is 1. The first-order valence-corrected chi connectivity index (χ1v) is 5.40. The maximum Gasteiger partial charge on any atom is 0.320 e. The van der Waals surface area contributed by atoms with Crippen molar-refractivity contribution in [1.29, 1.82) is 0 Å². The van der Waals surface area contributed by atoms with Gasteiger partial charge in [-0.05, 0) is 6.42 Å². The van der Waals surface area contributed by atoms with E-state index in [1.54, 1.807) is 0 Å². The SMILES string of the molecule is CP(=O)(O)[14CH2][14CH2]C(N)C(=O)O. The van der Waals surface area contributed by atoms with Gasteiger partial charge >= 0.3 is 5.97 Å². The topological polar surface area (TPSA) is 101 Å². The Labute approximate surface area is 64.7 Å². The van der Waals surface area contributed by atoms with Crippen LogP contribution >= 0.6 is 7.37 Å². The Morgan fingerprint density at radius 1 is 1.73 bits per heavy atom. The lowest BCUT2D eigenvalue weighted by atomic mass is 10.6. The quantitative estimate of drug-likeness (QED) is 0.521. The third-order valence-corrected chi connectivity index (χ3v) is 2.26. The fourth-order valence-electron chi connectivity index (χ4n) is 0.502. The van der Waals surface area contributed by atoms with Crippen molar-refractivity contribution < 1.29 is 19.4 Å².